The third kappa shape index (κ3) is 1.83. The molecule has 1 aromatic carbocycles. The van der Waals surface area contributed by atoms with Gasteiger partial charge in [0.1, 0.15) is 0 Å². The number of hydrogen-bond donors (Lipinski definition) is 1. The largest absolute Gasteiger partial charge is 0.586 e. The van der Waals surface area contributed by atoms with Crippen LogP contribution >= 0.6 is 11.3 Å². The lowest BCUT2D eigenvalue weighted by atomic mass is 10.0. The van der Waals surface area contributed by atoms with E-state index < -0.39 is 12.3 Å². The Morgan fingerprint density at radius 3 is 2.72 bits per heavy atom. The molecule has 1 aromatic heterocycles. The van der Waals surface area contributed by atoms with Crippen LogP contribution in [0.5, 0.6) is 11.5 Å². The van der Waals surface area contributed by atoms with Crippen molar-refractivity contribution in [2.75, 3.05) is 0 Å². The monoisotopic (exact) mass is 269 g/mol. The third-order valence-electron chi connectivity index (χ3n) is 2.64. The minimum Gasteiger partial charge on any atom is -0.395 e. The fraction of sp³-hybridized carbons (Fsp3) is 0.167. The summed E-state index contributed by atoms with van der Waals surface area (Å²) in [7, 11) is 0. The maximum atomic E-state index is 13.0. The van der Waals surface area contributed by atoms with Crippen LogP contribution < -0.4 is 15.2 Å². The number of fused-ring (bicyclic) bond motifs is 1. The van der Waals surface area contributed by atoms with Crippen LogP contribution in [0.25, 0.3) is 0 Å². The fourth-order valence-electron chi connectivity index (χ4n) is 1.86. The van der Waals surface area contributed by atoms with Crippen LogP contribution in [0.1, 0.15) is 16.5 Å². The van der Waals surface area contributed by atoms with E-state index in [4.69, 9.17) is 5.73 Å². The van der Waals surface area contributed by atoms with Crippen LogP contribution in [0.15, 0.2) is 35.7 Å². The van der Waals surface area contributed by atoms with Gasteiger partial charge in [0, 0.05) is 10.4 Å². The van der Waals surface area contributed by atoms with E-state index in [-0.39, 0.29) is 11.5 Å². The molecule has 18 heavy (non-hydrogen) atoms. The number of nitrogens with two attached hydrogens (primary N) is 1. The van der Waals surface area contributed by atoms with Crippen molar-refractivity contribution in [1.29, 1.82) is 0 Å². The Morgan fingerprint density at radius 2 is 2.00 bits per heavy atom. The van der Waals surface area contributed by atoms with Gasteiger partial charge in [0.25, 0.3) is 0 Å². The lowest BCUT2D eigenvalue weighted by Crippen LogP contribution is -2.26. The molecule has 1 aliphatic heterocycles. The number of benzene rings is 1. The highest BCUT2D eigenvalue weighted by Crippen LogP contribution is 2.45. The SMILES string of the molecule is N[C@H](c1cccs1)c1cccc2c1OC(F)(F)O2. The van der Waals surface area contributed by atoms with Gasteiger partial charge in [-0.2, -0.15) is 0 Å². The summed E-state index contributed by atoms with van der Waals surface area (Å²) in [6.45, 7) is 0. The van der Waals surface area contributed by atoms with Crippen LogP contribution in [0.4, 0.5) is 8.78 Å². The van der Waals surface area contributed by atoms with Crippen LogP contribution in [0.2, 0.25) is 0 Å². The molecule has 0 spiro atoms. The Hall–Kier alpha value is -1.66. The first-order valence-electron chi connectivity index (χ1n) is 5.24. The summed E-state index contributed by atoms with van der Waals surface area (Å²) in [4.78, 5) is 0.877. The summed E-state index contributed by atoms with van der Waals surface area (Å²) in [6.07, 6.45) is -3.62. The van der Waals surface area contributed by atoms with Crippen LogP contribution in [0.3, 0.4) is 0 Å². The quantitative estimate of drug-likeness (QED) is 0.911. The molecule has 3 rings (SSSR count). The second kappa shape index (κ2) is 3.93. The summed E-state index contributed by atoms with van der Waals surface area (Å²) in [6, 6.07) is 7.91. The average molecular weight is 269 g/mol. The Bertz CT molecular complexity index is 571. The zero-order valence-corrected chi connectivity index (χ0v) is 9.92. The molecule has 1 aliphatic rings. The lowest BCUT2D eigenvalue weighted by molar-refractivity contribution is -0.286. The van der Waals surface area contributed by atoms with E-state index in [0.29, 0.717) is 5.56 Å². The number of thiophene rings is 1. The molecule has 0 radical (unpaired) electrons. The summed E-state index contributed by atoms with van der Waals surface area (Å²) >= 11 is 1.46. The number of halogens is 2. The standard InChI is InChI=1S/C12H9F2NO2S/c13-12(14)16-8-4-1-3-7(11(8)17-12)10(15)9-5-2-6-18-9/h1-6,10H,15H2/t10-/m0/s1. The molecule has 0 bridgehead atoms. The maximum absolute atomic E-state index is 13.0. The molecule has 0 amide bonds. The summed E-state index contributed by atoms with van der Waals surface area (Å²) in [5.41, 5.74) is 6.55. The minimum atomic E-state index is -3.62. The lowest BCUT2D eigenvalue weighted by Gasteiger charge is -2.12. The van der Waals surface area contributed by atoms with Gasteiger partial charge in [0.05, 0.1) is 6.04 Å². The van der Waals surface area contributed by atoms with Crippen molar-refractivity contribution in [1.82, 2.24) is 0 Å². The molecule has 0 aliphatic carbocycles. The van der Waals surface area contributed by atoms with Crippen LogP contribution in [-0.4, -0.2) is 6.29 Å². The smallest absolute Gasteiger partial charge is 0.395 e. The molecule has 3 nitrogen and oxygen atoms in total. The normalized spacial score (nSPS) is 17.7. The number of alkyl halides is 2. The maximum Gasteiger partial charge on any atom is 0.586 e. The first-order valence-corrected chi connectivity index (χ1v) is 6.12. The molecule has 0 saturated carbocycles. The van der Waals surface area contributed by atoms with Gasteiger partial charge in [0.2, 0.25) is 0 Å². The third-order valence-corrected chi connectivity index (χ3v) is 3.60. The van der Waals surface area contributed by atoms with E-state index in [9.17, 15) is 8.78 Å². The van der Waals surface area contributed by atoms with Crippen molar-refractivity contribution in [3.8, 4) is 11.5 Å². The first-order chi connectivity index (χ1) is 8.57. The molecular weight excluding hydrogens is 260 g/mol. The molecule has 1 atom stereocenters. The molecule has 2 heterocycles. The van der Waals surface area contributed by atoms with Crippen molar-refractivity contribution < 1.29 is 18.3 Å². The molecule has 0 fully saturated rings. The molecule has 0 saturated heterocycles. The van der Waals surface area contributed by atoms with Gasteiger partial charge in [-0.1, -0.05) is 18.2 Å². The molecule has 0 unspecified atom stereocenters. The zero-order chi connectivity index (χ0) is 12.8. The summed E-state index contributed by atoms with van der Waals surface area (Å²) in [5, 5.41) is 1.88. The van der Waals surface area contributed by atoms with E-state index >= 15 is 0 Å². The first kappa shape index (κ1) is 11.4. The predicted octanol–water partition coefficient (Wildman–Crippen LogP) is 3.12. The van der Waals surface area contributed by atoms with Crippen LogP contribution in [-0.2, 0) is 0 Å². The van der Waals surface area contributed by atoms with Crippen LogP contribution in [0, 0.1) is 0 Å². The summed E-state index contributed by atoms with van der Waals surface area (Å²) in [5.74, 6) is 0.0351. The Balaban J connectivity index is 2.03. The van der Waals surface area contributed by atoms with Gasteiger partial charge in [-0.25, -0.2) is 0 Å². The van der Waals surface area contributed by atoms with Gasteiger partial charge < -0.3 is 15.2 Å². The van der Waals surface area contributed by atoms with E-state index in [2.05, 4.69) is 9.47 Å². The van der Waals surface area contributed by atoms with Gasteiger partial charge in [0.15, 0.2) is 11.5 Å². The molecule has 94 valence electrons. The fourth-order valence-corrected chi connectivity index (χ4v) is 2.60. The molecule has 2 aromatic rings. The van der Waals surface area contributed by atoms with Crippen molar-refractivity contribution in [2.24, 2.45) is 5.73 Å². The number of para-hydroxylation sites is 1. The highest BCUT2D eigenvalue weighted by molar-refractivity contribution is 7.10. The highest BCUT2D eigenvalue weighted by atomic mass is 32.1. The van der Waals surface area contributed by atoms with Crippen molar-refractivity contribution in [3.05, 3.63) is 46.2 Å². The molecule has 2 N–H and O–H groups in total. The second-order valence-corrected chi connectivity index (χ2v) is 4.81. The molecular formula is C12H9F2NO2S. The van der Waals surface area contributed by atoms with Crippen molar-refractivity contribution >= 4 is 11.3 Å². The van der Waals surface area contributed by atoms with E-state index in [1.807, 2.05) is 17.5 Å². The van der Waals surface area contributed by atoms with Gasteiger partial charge >= 0.3 is 6.29 Å². The van der Waals surface area contributed by atoms with E-state index in [1.54, 1.807) is 12.1 Å². The zero-order valence-electron chi connectivity index (χ0n) is 9.10. The average Bonchev–Trinajstić information content (AvgIpc) is 2.91. The number of rotatable bonds is 2. The van der Waals surface area contributed by atoms with Gasteiger partial charge in [-0.05, 0) is 17.5 Å². The predicted molar refractivity (Wildman–Crippen MR) is 63.0 cm³/mol. The second-order valence-electron chi connectivity index (χ2n) is 3.84. The summed E-state index contributed by atoms with van der Waals surface area (Å²) < 4.78 is 35.0. The number of ether oxygens (including phenoxy) is 2. The highest BCUT2D eigenvalue weighted by Gasteiger charge is 2.45. The van der Waals surface area contributed by atoms with Gasteiger partial charge in [-0.15, -0.1) is 20.1 Å². The van der Waals surface area contributed by atoms with E-state index in [1.165, 1.54) is 17.4 Å². The topological polar surface area (TPSA) is 44.5 Å². The van der Waals surface area contributed by atoms with Crippen molar-refractivity contribution in [3.63, 3.8) is 0 Å². The minimum absolute atomic E-state index is 0.0170. The Morgan fingerprint density at radius 1 is 1.17 bits per heavy atom. The Labute approximate surface area is 106 Å². The number of hydrogen-bond acceptors (Lipinski definition) is 4. The van der Waals surface area contributed by atoms with Crippen molar-refractivity contribution in [2.45, 2.75) is 12.3 Å². The van der Waals surface area contributed by atoms with E-state index in [0.717, 1.165) is 4.88 Å². The van der Waals surface area contributed by atoms with Gasteiger partial charge in [-0.3, -0.25) is 0 Å². The Kier molecular flexibility index (Phi) is 2.49. The molecule has 6 heteroatoms.